The Morgan fingerprint density at radius 3 is 2.26 bits per heavy atom. The zero-order valence-corrected chi connectivity index (χ0v) is 22.9. The molecule has 2 amide bonds. The Morgan fingerprint density at radius 2 is 1.71 bits per heavy atom. The highest BCUT2D eigenvalue weighted by Gasteiger charge is 2.30. The number of likely N-dealkylation sites (tertiary alicyclic amines) is 1. The molecule has 206 valence electrons. The molecule has 0 spiro atoms. The van der Waals surface area contributed by atoms with Crippen LogP contribution in [0.25, 0.3) is 0 Å². The van der Waals surface area contributed by atoms with Crippen LogP contribution in [0.2, 0.25) is 10.0 Å². The maximum Gasteiger partial charge on any atom is 0.503 e. The number of ether oxygens (including phenoxy) is 2. The number of halogens is 2. The number of carbonyl (C=O) groups is 3. The molecule has 1 aliphatic heterocycles. The molecule has 9 nitrogen and oxygen atoms in total. The van der Waals surface area contributed by atoms with Gasteiger partial charge in [0.1, 0.15) is 6.61 Å². The number of hydrogen-bond acceptors (Lipinski definition) is 6. The van der Waals surface area contributed by atoms with Crippen molar-refractivity contribution in [1.29, 1.82) is 0 Å². The monoisotopic (exact) mass is 566 g/mol. The third-order valence-corrected chi connectivity index (χ3v) is 7.53. The quantitative estimate of drug-likeness (QED) is 0.343. The normalized spacial score (nSPS) is 16.1. The standard InChI is InChI=1S/C26H30Cl2N2O4.CH2O3/c1-17(19-7-8-21(27)22(28)15-19)30(20-4-3-5-20)16-18-6-9-23(24(14-18)33-2)34-13-12-29-25(31)10-11-26(29)32;2-1(3)4/h6-9,14-15,17,20H,3-5,10-13,16H2,1-2H3;(H2,2,3,4)/t17-;/m1./s1. The summed E-state index contributed by atoms with van der Waals surface area (Å²) in [7, 11) is 1.61. The second kappa shape index (κ2) is 13.7. The molecule has 2 fully saturated rings. The fourth-order valence-electron chi connectivity index (χ4n) is 4.52. The molecule has 1 heterocycles. The van der Waals surface area contributed by atoms with E-state index in [-0.39, 0.29) is 43.8 Å². The van der Waals surface area contributed by atoms with E-state index in [4.69, 9.17) is 47.7 Å². The van der Waals surface area contributed by atoms with Crippen LogP contribution < -0.4 is 9.47 Å². The summed E-state index contributed by atoms with van der Waals surface area (Å²) < 4.78 is 11.4. The zero-order chi connectivity index (χ0) is 27.8. The first-order valence-electron chi connectivity index (χ1n) is 12.4. The maximum absolute atomic E-state index is 11.8. The van der Waals surface area contributed by atoms with Gasteiger partial charge in [0.15, 0.2) is 11.5 Å². The number of rotatable bonds is 10. The van der Waals surface area contributed by atoms with Gasteiger partial charge in [-0.25, -0.2) is 4.79 Å². The van der Waals surface area contributed by atoms with Gasteiger partial charge in [0.2, 0.25) is 11.8 Å². The predicted octanol–water partition coefficient (Wildman–Crippen LogP) is 5.87. The van der Waals surface area contributed by atoms with E-state index in [1.165, 1.54) is 24.2 Å². The number of carboxylic acid groups (broad SMARTS) is 2. The topological polar surface area (TPSA) is 117 Å². The highest BCUT2D eigenvalue weighted by Crippen LogP contribution is 2.37. The summed E-state index contributed by atoms with van der Waals surface area (Å²) in [5, 5.41) is 15.1. The number of amides is 2. The Hall–Kier alpha value is -3.01. The molecule has 11 heteroatoms. The summed E-state index contributed by atoms with van der Waals surface area (Å²) in [6.45, 7) is 3.45. The van der Waals surface area contributed by atoms with Gasteiger partial charge < -0.3 is 19.7 Å². The van der Waals surface area contributed by atoms with Crippen molar-refractivity contribution in [2.75, 3.05) is 20.3 Å². The van der Waals surface area contributed by atoms with Crippen LogP contribution in [0.1, 0.15) is 56.2 Å². The second-order valence-corrected chi connectivity index (χ2v) is 9.98. The number of hydrogen-bond donors (Lipinski definition) is 2. The van der Waals surface area contributed by atoms with Crippen molar-refractivity contribution in [2.24, 2.45) is 0 Å². The van der Waals surface area contributed by atoms with Crippen molar-refractivity contribution in [3.05, 3.63) is 57.6 Å². The van der Waals surface area contributed by atoms with E-state index in [1.807, 2.05) is 36.4 Å². The van der Waals surface area contributed by atoms with Crippen LogP contribution in [-0.2, 0) is 16.1 Å². The van der Waals surface area contributed by atoms with Crippen LogP contribution in [0.3, 0.4) is 0 Å². The molecule has 1 atom stereocenters. The Labute approximate surface area is 231 Å². The third-order valence-electron chi connectivity index (χ3n) is 6.79. The van der Waals surface area contributed by atoms with Crippen LogP contribution in [0, 0.1) is 0 Å². The highest BCUT2D eigenvalue weighted by atomic mass is 35.5. The summed E-state index contributed by atoms with van der Waals surface area (Å²) in [6, 6.07) is 12.5. The first-order chi connectivity index (χ1) is 18.1. The smallest absolute Gasteiger partial charge is 0.493 e. The minimum absolute atomic E-state index is 0.136. The molecule has 2 aliphatic rings. The van der Waals surface area contributed by atoms with Crippen LogP contribution in [0.4, 0.5) is 4.79 Å². The first kappa shape index (κ1) is 29.5. The van der Waals surface area contributed by atoms with Gasteiger partial charge >= 0.3 is 6.16 Å². The van der Waals surface area contributed by atoms with Gasteiger partial charge in [-0.1, -0.05) is 41.8 Å². The lowest BCUT2D eigenvalue weighted by Gasteiger charge is -2.41. The summed E-state index contributed by atoms with van der Waals surface area (Å²) >= 11 is 12.4. The van der Waals surface area contributed by atoms with Crippen LogP contribution in [0.15, 0.2) is 36.4 Å². The van der Waals surface area contributed by atoms with Crippen molar-refractivity contribution < 1.29 is 34.1 Å². The van der Waals surface area contributed by atoms with Crippen molar-refractivity contribution in [3.63, 3.8) is 0 Å². The molecule has 38 heavy (non-hydrogen) atoms. The average Bonchev–Trinajstić information content (AvgIpc) is 3.16. The van der Waals surface area contributed by atoms with Gasteiger partial charge in [-0.2, -0.15) is 0 Å². The Kier molecular flexibility index (Phi) is 10.6. The Balaban J connectivity index is 0.000000934. The Morgan fingerprint density at radius 1 is 1.05 bits per heavy atom. The largest absolute Gasteiger partial charge is 0.503 e. The maximum atomic E-state index is 11.8. The van der Waals surface area contributed by atoms with E-state index in [1.54, 1.807) is 7.11 Å². The molecule has 1 aliphatic carbocycles. The van der Waals surface area contributed by atoms with Gasteiger partial charge in [-0.05, 0) is 55.2 Å². The summed E-state index contributed by atoms with van der Waals surface area (Å²) in [6.07, 6.45) is 2.34. The lowest BCUT2D eigenvalue weighted by molar-refractivity contribution is -0.138. The summed E-state index contributed by atoms with van der Waals surface area (Å²) in [4.78, 5) is 35.9. The number of imide groups is 1. The van der Waals surface area contributed by atoms with E-state index < -0.39 is 6.16 Å². The number of methoxy groups -OCH3 is 1. The van der Waals surface area contributed by atoms with Crippen LogP contribution in [-0.4, -0.2) is 64.3 Å². The molecular formula is C27H32Cl2N2O7. The molecule has 2 aromatic rings. The second-order valence-electron chi connectivity index (χ2n) is 9.16. The molecule has 1 saturated carbocycles. The lowest BCUT2D eigenvalue weighted by Crippen LogP contribution is -2.41. The van der Waals surface area contributed by atoms with Gasteiger partial charge in [-0.3, -0.25) is 19.4 Å². The predicted molar refractivity (Wildman–Crippen MR) is 143 cm³/mol. The molecule has 0 unspecified atom stereocenters. The van der Waals surface area contributed by atoms with Gasteiger partial charge in [0.25, 0.3) is 0 Å². The van der Waals surface area contributed by atoms with Crippen molar-refractivity contribution in [1.82, 2.24) is 9.80 Å². The van der Waals surface area contributed by atoms with Gasteiger partial charge in [-0.15, -0.1) is 0 Å². The van der Waals surface area contributed by atoms with Crippen molar-refractivity contribution >= 4 is 41.2 Å². The molecule has 1 saturated heterocycles. The molecule has 4 rings (SSSR count). The molecule has 0 aromatic heterocycles. The van der Waals surface area contributed by atoms with E-state index in [0.717, 1.165) is 17.7 Å². The fourth-order valence-corrected chi connectivity index (χ4v) is 4.83. The van der Waals surface area contributed by atoms with Crippen LogP contribution >= 0.6 is 23.2 Å². The SMILES string of the molecule is COc1cc(CN(C2CCC2)[C@H](C)c2ccc(Cl)c(Cl)c2)ccc1OCCN1C(=O)CCC1=O.O=C(O)O. The van der Waals surface area contributed by atoms with Crippen molar-refractivity contribution in [3.8, 4) is 11.5 Å². The minimum atomic E-state index is -1.83. The highest BCUT2D eigenvalue weighted by molar-refractivity contribution is 6.42. The van der Waals surface area contributed by atoms with Crippen molar-refractivity contribution in [2.45, 2.75) is 57.7 Å². The van der Waals surface area contributed by atoms with E-state index in [0.29, 0.717) is 27.6 Å². The Bertz CT molecular complexity index is 1140. The van der Waals surface area contributed by atoms with E-state index >= 15 is 0 Å². The summed E-state index contributed by atoms with van der Waals surface area (Å²) in [5.41, 5.74) is 2.26. The molecule has 2 N–H and O–H groups in total. The zero-order valence-electron chi connectivity index (χ0n) is 21.4. The minimum Gasteiger partial charge on any atom is -0.493 e. The lowest BCUT2D eigenvalue weighted by atomic mass is 9.89. The first-order valence-corrected chi connectivity index (χ1v) is 13.1. The van der Waals surface area contributed by atoms with E-state index in [9.17, 15) is 9.59 Å². The third kappa shape index (κ3) is 7.75. The van der Waals surface area contributed by atoms with Gasteiger partial charge in [0.05, 0.1) is 23.7 Å². The van der Waals surface area contributed by atoms with Crippen LogP contribution in [0.5, 0.6) is 11.5 Å². The molecular weight excluding hydrogens is 535 g/mol. The molecule has 2 aromatic carbocycles. The fraction of sp³-hybridized carbons (Fsp3) is 0.444. The van der Waals surface area contributed by atoms with E-state index in [2.05, 4.69) is 11.8 Å². The average molecular weight is 567 g/mol. The number of benzene rings is 2. The molecule has 0 radical (unpaired) electrons. The number of carbonyl (C=O) groups excluding carboxylic acids is 2. The summed E-state index contributed by atoms with van der Waals surface area (Å²) in [5.74, 6) is 0.955. The van der Waals surface area contributed by atoms with Gasteiger partial charge in [0, 0.05) is 31.5 Å². The number of nitrogens with zero attached hydrogens (tertiary/aromatic N) is 2. The molecule has 0 bridgehead atoms.